The molecule has 1 saturated heterocycles. The molecule has 0 radical (unpaired) electrons. The molecule has 6 heteroatoms. The number of nitrogens with zero attached hydrogens (tertiary/aromatic N) is 1. The molecular weight excluding hydrogens is 455 g/mol. The van der Waals surface area contributed by atoms with E-state index in [1.165, 1.54) is 11.1 Å². The number of carbonyl (C=O) groups is 1. The average Bonchev–Trinajstić information content (AvgIpc) is 2.84. The summed E-state index contributed by atoms with van der Waals surface area (Å²) in [5.74, 6) is 0.140. The number of carbonyl (C=O) groups excluding carboxylic acids is 1. The normalized spacial score (nSPS) is 14.9. The molecule has 0 aliphatic carbocycles. The molecular formula is C27H30Cl2N2O2. The van der Waals surface area contributed by atoms with Crippen molar-refractivity contribution in [3.63, 3.8) is 0 Å². The Balaban J connectivity index is 0.00000306. The third kappa shape index (κ3) is 5.89. The lowest BCUT2D eigenvalue weighted by Crippen LogP contribution is -2.37. The van der Waals surface area contributed by atoms with Gasteiger partial charge in [0, 0.05) is 29.8 Å². The van der Waals surface area contributed by atoms with Crippen LogP contribution < -0.4 is 10.6 Å². The number of hydrogen-bond donors (Lipinski definition) is 1. The number of rotatable bonds is 6. The maximum absolute atomic E-state index is 11.9. The van der Waals surface area contributed by atoms with Crippen molar-refractivity contribution in [2.45, 2.75) is 25.8 Å². The lowest BCUT2D eigenvalue weighted by molar-refractivity contribution is 0.0526. The van der Waals surface area contributed by atoms with E-state index in [0.29, 0.717) is 18.1 Å². The van der Waals surface area contributed by atoms with Crippen LogP contribution in [0.15, 0.2) is 72.8 Å². The molecule has 3 aromatic carbocycles. The number of piperidine rings is 1. The number of ether oxygens (including phenoxy) is 1. The van der Waals surface area contributed by atoms with E-state index in [-0.39, 0.29) is 24.4 Å². The van der Waals surface area contributed by atoms with Gasteiger partial charge in [-0.2, -0.15) is 0 Å². The van der Waals surface area contributed by atoms with Crippen LogP contribution in [0, 0.1) is 5.92 Å². The zero-order valence-corrected chi connectivity index (χ0v) is 20.3. The van der Waals surface area contributed by atoms with Crippen LogP contribution in [0.4, 0.5) is 5.69 Å². The summed E-state index contributed by atoms with van der Waals surface area (Å²) in [6.07, 6.45) is 2.05. The fourth-order valence-corrected chi connectivity index (χ4v) is 4.60. The first-order chi connectivity index (χ1) is 15.6. The second kappa shape index (κ2) is 11.6. The minimum atomic E-state index is -0.275. The zero-order valence-electron chi connectivity index (χ0n) is 18.7. The third-order valence-electron chi connectivity index (χ3n) is 6.27. The molecule has 1 aliphatic rings. The number of hydrogen-bond acceptors (Lipinski definition) is 4. The van der Waals surface area contributed by atoms with E-state index in [1.807, 2.05) is 43.3 Å². The molecule has 0 amide bonds. The van der Waals surface area contributed by atoms with E-state index in [4.69, 9.17) is 22.1 Å². The highest BCUT2D eigenvalue weighted by molar-refractivity contribution is 6.30. The molecule has 1 atom stereocenters. The van der Waals surface area contributed by atoms with Crippen LogP contribution in [0.3, 0.4) is 0 Å². The van der Waals surface area contributed by atoms with Crippen LogP contribution in [-0.4, -0.2) is 25.7 Å². The molecule has 1 aliphatic heterocycles. The largest absolute Gasteiger partial charge is 0.462 e. The van der Waals surface area contributed by atoms with Crippen molar-refractivity contribution in [3.05, 3.63) is 88.9 Å². The fourth-order valence-electron chi connectivity index (χ4n) is 4.47. The van der Waals surface area contributed by atoms with Crippen molar-refractivity contribution in [1.82, 2.24) is 0 Å². The van der Waals surface area contributed by atoms with Gasteiger partial charge in [0.15, 0.2) is 0 Å². The number of nitrogens with two attached hydrogens (primary N) is 1. The Morgan fingerprint density at radius 2 is 1.67 bits per heavy atom. The van der Waals surface area contributed by atoms with Gasteiger partial charge in [0.1, 0.15) is 0 Å². The van der Waals surface area contributed by atoms with Gasteiger partial charge in [-0.25, -0.2) is 4.79 Å². The van der Waals surface area contributed by atoms with Gasteiger partial charge in [-0.1, -0.05) is 48.0 Å². The fraction of sp³-hybridized carbons (Fsp3) is 0.296. The zero-order chi connectivity index (χ0) is 22.5. The maximum Gasteiger partial charge on any atom is 0.338 e. The number of benzene rings is 3. The molecule has 174 valence electrons. The SMILES string of the molecule is CCOC(=O)c1ccc(N2CCC([C@@H](N)c3ccccc3-c3ccc(Cl)cc3)CC2)cc1.Cl. The molecule has 0 aromatic heterocycles. The van der Waals surface area contributed by atoms with E-state index in [0.717, 1.165) is 42.2 Å². The predicted octanol–water partition coefficient (Wildman–Crippen LogP) is 6.52. The van der Waals surface area contributed by atoms with Gasteiger partial charge in [-0.15, -0.1) is 12.4 Å². The van der Waals surface area contributed by atoms with Gasteiger partial charge in [0.2, 0.25) is 0 Å². The van der Waals surface area contributed by atoms with E-state index in [1.54, 1.807) is 0 Å². The Morgan fingerprint density at radius 3 is 2.30 bits per heavy atom. The highest BCUT2D eigenvalue weighted by atomic mass is 35.5. The monoisotopic (exact) mass is 484 g/mol. The Hall–Kier alpha value is -2.53. The first-order valence-corrected chi connectivity index (χ1v) is 11.6. The number of esters is 1. The smallest absolute Gasteiger partial charge is 0.338 e. The number of anilines is 1. The van der Waals surface area contributed by atoms with Crippen molar-refractivity contribution in [3.8, 4) is 11.1 Å². The van der Waals surface area contributed by atoms with Crippen molar-refractivity contribution in [2.75, 3.05) is 24.6 Å². The molecule has 0 spiro atoms. The van der Waals surface area contributed by atoms with Crippen LogP contribution in [-0.2, 0) is 4.74 Å². The Bertz CT molecular complexity index is 1050. The molecule has 1 fully saturated rings. The predicted molar refractivity (Wildman–Crippen MR) is 138 cm³/mol. The van der Waals surface area contributed by atoms with Gasteiger partial charge in [0.25, 0.3) is 0 Å². The molecule has 2 N–H and O–H groups in total. The topological polar surface area (TPSA) is 55.6 Å². The molecule has 4 rings (SSSR count). The van der Waals surface area contributed by atoms with Gasteiger partial charge in [-0.05, 0) is 78.8 Å². The molecule has 3 aromatic rings. The summed E-state index contributed by atoms with van der Waals surface area (Å²) in [5.41, 5.74) is 12.0. The Kier molecular flexibility index (Phi) is 8.79. The summed E-state index contributed by atoms with van der Waals surface area (Å²) in [4.78, 5) is 14.2. The van der Waals surface area contributed by atoms with Crippen molar-refractivity contribution >= 4 is 35.7 Å². The summed E-state index contributed by atoms with van der Waals surface area (Å²) >= 11 is 6.07. The van der Waals surface area contributed by atoms with Crippen LogP contribution >= 0.6 is 24.0 Å². The van der Waals surface area contributed by atoms with Gasteiger partial charge >= 0.3 is 5.97 Å². The first-order valence-electron chi connectivity index (χ1n) is 11.2. The minimum Gasteiger partial charge on any atom is -0.462 e. The van der Waals surface area contributed by atoms with Crippen molar-refractivity contribution < 1.29 is 9.53 Å². The lowest BCUT2D eigenvalue weighted by Gasteiger charge is -2.36. The maximum atomic E-state index is 11.9. The first kappa shape index (κ1) is 25.1. The van der Waals surface area contributed by atoms with Gasteiger partial charge in [-0.3, -0.25) is 0 Å². The average molecular weight is 485 g/mol. The van der Waals surface area contributed by atoms with Crippen molar-refractivity contribution in [1.29, 1.82) is 0 Å². The van der Waals surface area contributed by atoms with Gasteiger partial charge in [0.05, 0.1) is 12.2 Å². The Morgan fingerprint density at radius 1 is 1.03 bits per heavy atom. The van der Waals surface area contributed by atoms with Crippen molar-refractivity contribution in [2.24, 2.45) is 11.7 Å². The second-order valence-electron chi connectivity index (χ2n) is 8.21. The summed E-state index contributed by atoms with van der Waals surface area (Å²) in [6.45, 7) is 4.09. The van der Waals surface area contributed by atoms with E-state index in [2.05, 4.69) is 41.3 Å². The second-order valence-corrected chi connectivity index (χ2v) is 8.65. The van der Waals surface area contributed by atoms with Crippen LogP contribution in [0.5, 0.6) is 0 Å². The standard InChI is InChI=1S/C27H29ClN2O2.ClH/c1-2-32-27(31)21-9-13-23(14-10-21)30-17-15-20(16-18-30)26(29)25-6-4-3-5-24(25)19-7-11-22(28)12-8-19;/h3-14,20,26H,2,15-18,29H2,1H3;1H/t26-;/m1./s1. The van der Waals surface area contributed by atoms with Crippen LogP contribution in [0.25, 0.3) is 11.1 Å². The van der Waals surface area contributed by atoms with E-state index < -0.39 is 0 Å². The summed E-state index contributed by atoms with van der Waals surface area (Å²) in [6, 6.07) is 24.0. The Labute approximate surface area is 207 Å². The van der Waals surface area contributed by atoms with Gasteiger partial charge < -0.3 is 15.4 Å². The van der Waals surface area contributed by atoms with E-state index in [9.17, 15) is 4.79 Å². The summed E-state index contributed by atoms with van der Waals surface area (Å²) < 4.78 is 5.07. The molecule has 33 heavy (non-hydrogen) atoms. The summed E-state index contributed by atoms with van der Waals surface area (Å²) in [7, 11) is 0. The lowest BCUT2D eigenvalue weighted by atomic mass is 9.83. The van der Waals surface area contributed by atoms with Crippen LogP contribution in [0.1, 0.15) is 41.7 Å². The molecule has 0 bridgehead atoms. The molecule has 0 unspecified atom stereocenters. The number of halogens is 2. The quantitative estimate of drug-likeness (QED) is 0.404. The highest BCUT2D eigenvalue weighted by Crippen LogP contribution is 2.36. The third-order valence-corrected chi connectivity index (χ3v) is 6.52. The summed E-state index contributed by atoms with van der Waals surface area (Å²) in [5, 5.41) is 0.734. The van der Waals surface area contributed by atoms with E-state index >= 15 is 0 Å². The molecule has 0 saturated carbocycles. The molecule has 1 heterocycles. The van der Waals surface area contributed by atoms with Crippen LogP contribution in [0.2, 0.25) is 5.02 Å². The highest BCUT2D eigenvalue weighted by Gasteiger charge is 2.27. The minimum absolute atomic E-state index is 0. The molecule has 4 nitrogen and oxygen atoms in total.